The second-order valence-electron chi connectivity index (χ2n) is 5.50. The van der Waals surface area contributed by atoms with E-state index in [1.807, 2.05) is 0 Å². The van der Waals surface area contributed by atoms with Gasteiger partial charge < -0.3 is 10.2 Å². The highest BCUT2D eigenvalue weighted by Crippen LogP contribution is 2.10. The lowest BCUT2D eigenvalue weighted by atomic mass is 10.1. The zero-order valence-corrected chi connectivity index (χ0v) is 13.4. The van der Waals surface area contributed by atoms with Gasteiger partial charge in [0.1, 0.15) is 0 Å². The zero-order chi connectivity index (χ0) is 15.8. The van der Waals surface area contributed by atoms with Crippen molar-refractivity contribution < 1.29 is 19.7 Å². The van der Waals surface area contributed by atoms with E-state index in [0.717, 1.165) is 12.8 Å². The minimum atomic E-state index is -0.774. The van der Waals surface area contributed by atoms with Crippen LogP contribution in [0.1, 0.15) is 84.0 Å². The predicted molar refractivity (Wildman–Crippen MR) is 82.8 cm³/mol. The molecule has 0 aromatic heterocycles. The fourth-order valence-electron chi connectivity index (χ4n) is 2.19. The van der Waals surface area contributed by atoms with Crippen molar-refractivity contribution in [3.05, 3.63) is 0 Å². The molecule has 0 rings (SSSR count). The summed E-state index contributed by atoms with van der Waals surface area (Å²) in [7, 11) is 0. The van der Waals surface area contributed by atoms with E-state index in [1.165, 1.54) is 51.4 Å². The molecule has 124 valence electrons. The van der Waals surface area contributed by atoms with Crippen LogP contribution in [0.15, 0.2) is 0 Å². The van der Waals surface area contributed by atoms with E-state index in [2.05, 4.69) is 17.1 Å². The van der Waals surface area contributed by atoms with Crippen molar-refractivity contribution in [2.24, 2.45) is 0 Å². The van der Waals surface area contributed by atoms with Crippen molar-refractivity contribution in [2.75, 3.05) is 6.54 Å². The molecule has 5 heteroatoms. The largest absolute Gasteiger partial charge is 0.356 e. The van der Waals surface area contributed by atoms with E-state index in [4.69, 9.17) is 5.26 Å². The highest BCUT2D eigenvalue weighted by atomic mass is 17.1. The van der Waals surface area contributed by atoms with E-state index in [9.17, 15) is 9.59 Å². The third-order valence-corrected chi connectivity index (χ3v) is 3.51. The molecule has 0 heterocycles. The monoisotopic (exact) mass is 301 g/mol. The van der Waals surface area contributed by atoms with Crippen LogP contribution in [-0.2, 0) is 14.5 Å². The van der Waals surface area contributed by atoms with E-state index in [1.54, 1.807) is 0 Å². The van der Waals surface area contributed by atoms with Gasteiger partial charge in [0.2, 0.25) is 5.91 Å². The molecule has 0 atom stereocenters. The first-order chi connectivity index (χ1) is 10.2. The Morgan fingerprint density at radius 1 is 0.857 bits per heavy atom. The number of rotatable bonds is 14. The zero-order valence-electron chi connectivity index (χ0n) is 13.4. The molecule has 0 aliphatic carbocycles. The van der Waals surface area contributed by atoms with Crippen LogP contribution < -0.4 is 5.32 Å². The van der Waals surface area contributed by atoms with E-state index < -0.39 is 5.97 Å². The Morgan fingerprint density at radius 2 is 1.38 bits per heavy atom. The van der Waals surface area contributed by atoms with Gasteiger partial charge >= 0.3 is 5.97 Å². The number of unbranched alkanes of at least 4 members (excludes halogenated alkanes) is 9. The third-order valence-electron chi connectivity index (χ3n) is 3.51. The predicted octanol–water partition coefficient (Wildman–Crippen LogP) is 3.82. The Morgan fingerprint density at radius 3 is 1.90 bits per heavy atom. The molecule has 0 fully saturated rings. The van der Waals surface area contributed by atoms with E-state index >= 15 is 0 Å². The molecule has 0 aromatic carbocycles. The Labute approximate surface area is 128 Å². The number of amides is 1. The molecular weight excluding hydrogens is 270 g/mol. The first kappa shape index (κ1) is 19.9. The Balaban J connectivity index is 3.18. The minimum absolute atomic E-state index is 0.0666. The average molecular weight is 301 g/mol. The maximum absolute atomic E-state index is 11.3. The molecular formula is C16H31NO4. The van der Waals surface area contributed by atoms with Crippen molar-refractivity contribution >= 4 is 11.9 Å². The molecule has 5 nitrogen and oxygen atoms in total. The second kappa shape index (κ2) is 15.3. The number of hydrogen-bond donors (Lipinski definition) is 2. The molecule has 0 aromatic rings. The van der Waals surface area contributed by atoms with Gasteiger partial charge in [-0.2, -0.15) is 5.26 Å². The standard InChI is InChI=1S/C16H31NO4/c1-2-3-4-5-6-7-8-9-10-11-14-17-15(18)12-13-16(19)21-20/h20H,2-14H2,1H3,(H,17,18). The number of hydrogen-bond acceptors (Lipinski definition) is 4. The van der Waals surface area contributed by atoms with Gasteiger partial charge in [-0.1, -0.05) is 64.7 Å². The van der Waals surface area contributed by atoms with Crippen LogP contribution in [0, 0.1) is 0 Å². The molecule has 0 unspecified atom stereocenters. The van der Waals surface area contributed by atoms with E-state index in [0.29, 0.717) is 6.54 Å². The molecule has 21 heavy (non-hydrogen) atoms. The van der Waals surface area contributed by atoms with Gasteiger partial charge in [0, 0.05) is 13.0 Å². The maximum atomic E-state index is 11.3. The van der Waals surface area contributed by atoms with Crippen LogP contribution in [-0.4, -0.2) is 23.7 Å². The fourth-order valence-corrected chi connectivity index (χ4v) is 2.19. The summed E-state index contributed by atoms with van der Waals surface area (Å²) in [5.41, 5.74) is 0. The number of carbonyl (C=O) groups is 2. The Kier molecular flexibility index (Phi) is 14.5. The Bertz CT molecular complexity index is 269. The van der Waals surface area contributed by atoms with Crippen molar-refractivity contribution in [3.63, 3.8) is 0 Å². The summed E-state index contributed by atoms with van der Waals surface area (Å²) in [6.07, 6.45) is 12.6. The topological polar surface area (TPSA) is 75.6 Å². The van der Waals surface area contributed by atoms with Crippen molar-refractivity contribution in [3.8, 4) is 0 Å². The summed E-state index contributed by atoms with van der Waals surface area (Å²) >= 11 is 0. The SMILES string of the molecule is CCCCCCCCCCCCNC(=O)CCC(=O)OO. The van der Waals surface area contributed by atoms with Crippen LogP contribution in [0.2, 0.25) is 0 Å². The van der Waals surface area contributed by atoms with Gasteiger partial charge in [-0.25, -0.2) is 4.79 Å². The molecule has 0 saturated heterocycles. The smallest absolute Gasteiger partial charge is 0.342 e. The van der Waals surface area contributed by atoms with Crippen LogP contribution in [0.25, 0.3) is 0 Å². The summed E-state index contributed by atoms with van der Waals surface area (Å²) in [6.45, 7) is 2.89. The van der Waals surface area contributed by atoms with Crippen LogP contribution in [0.3, 0.4) is 0 Å². The normalized spacial score (nSPS) is 10.4. The lowest BCUT2D eigenvalue weighted by molar-refractivity contribution is -0.234. The third kappa shape index (κ3) is 15.1. The summed E-state index contributed by atoms with van der Waals surface area (Å²) in [5.74, 6) is -0.944. The summed E-state index contributed by atoms with van der Waals surface area (Å²) in [4.78, 5) is 25.4. The highest BCUT2D eigenvalue weighted by Gasteiger charge is 2.06. The van der Waals surface area contributed by atoms with Crippen molar-refractivity contribution in [2.45, 2.75) is 84.0 Å². The molecule has 0 spiro atoms. The summed E-state index contributed by atoms with van der Waals surface area (Å²) in [6, 6.07) is 0. The minimum Gasteiger partial charge on any atom is -0.356 e. The summed E-state index contributed by atoms with van der Waals surface area (Å²) < 4.78 is 0. The van der Waals surface area contributed by atoms with Crippen molar-refractivity contribution in [1.29, 1.82) is 0 Å². The molecule has 0 aliphatic heterocycles. The van der Waals surface area contributed by atoms with Crippen LogP contribution >= 0.6 is 0 Å². The van der Waals surface area contributed by atoms with Gasteiger partial charge in [0.15, 0.2) is 0 Å². The quantitative estimate of drug-likeness (QED) is 0.290. The molecule has 0 bridgehead atoms. The van der Waals surface area contributed by atoms with Gasteiger partial charge in [-0.3, -0.25) is 4.79 Å². The van der Waals surface area contributed by atoms with Crippen LogP contribution in [0.4, 0.5) is 0 Å². The number of nitrogens with one attached hydrogen (secondary N) is 1. The molecule has 2 N–H and O–H groups in total. The highest BCUT2D eigenvalue weighted by molar-refractivity contribution is 5.80. The van der Waals surface area contributed by atoms with Gasteiger partial charge in [-0.15, -0.1) is 0 Å². The molecule has 1 amide bonds. The Hall–Kier alpha value is -1.10. The van der Waals surface area contributed by atoms with Crippen LogP contribution in [0.5, 0.6) is 0 Å². The molecule has 0 aliphatic rings. The number of carbonyl (C=O) groups excluding carboxylic acids is 2. The van der Waals surface area contributed by atoms with Gasteiger partial charge in [0.25, 0.3) is 0 Å². The second-order valence-corrected chi connectivity index (χ2v) is 5.50. The molecule has 0 saturated carbocycles. The maximum Gasteiger partial charge on any atom is 0.342 e. The summed E-state index contributed by atoms with van der Waals surface area (Å²) in [5, 5.41) is 10.8. The van der Waals surface area contributed by atoms with Gasteiger partial charge in [-0.05, 0) is 6.42 Å². The lowest BCUT2D eigenvalue weighted by Crippen LogP contribution is -2.24. The van der Waals surface area contributed by atoms with Crippen molar-refractivity contribution in [1.82, 2.24) is 5.32 Å². The first-order valence-electron chi connectivity index (χ1n) is 8.31. The molecule has 0 radical (unpaired) electrons. The lowest BCUT2D eigenvalue weighted by Gasteiger charge is -2.05. The first-order valence-corrected chi connectivity index (χ1v) is 8.31. The fraction of sp³-hybridized carbons (Fsp3) is 0.875. The average Bonchev–Trinajstić information content (AvgIpc) is 2.50. The van der Waals surface area contributed by atoms with E-state index in [-0.39, 0.29) is 18.7 Å². The van der Waals surface area contributed by atoms with Gasteiger partial charge in [0.05, 0.1) is 6.42 Å².